The zero-order valence-corrected chi connectivity index (χ0v) is 10.7. The van der Waals surface area contributed by atoms with Gasteiger partial charge in [-0.15, -0.1) is 0 Å². The van der Waals surface area contributed by atoms with Crippen LogP contribution in [0.5, 0.6) is 5.75 Å². The van der Waals surface area contributed by atoms with Crippen LogP contribution in [0.15, 0.2) is 18.2 Å². The van der Waals surface area contributed by atoms with Crippen LogP contribution in [0.2, 0.25) is 0 Å². The van der Waals surface area contributed by atoms with Crippen molar-refractivity contribution in [2.45, 2.75) is 18.9 Å². The zero-order chi connectivity index (χ0) is 13.7. The van der Waals surface area contributed by atoms with Gasteiger partial charge in [-0.2, -0.15) is 0 Å². The van der Waals surface area contributed by atoms with Gasteiger partial charge in [0.15, 0.2) is 11.6 Å². The number of carbonyl (C=O) groups excluding carboxylic acids is 1. The zero-order valence-electron chi connectivity index (χ0n) is 10.7. The minimum absolute atomic E-state index is 0.0912. The molecule has 1 aliphatic rings. The molecule has 1 aromatic carbocycles. The Hall–Kier alpha value is -1.82. The molecule has 0 saturated carbocycles. The summed E-state index contributed by atoms with van der Waals surface area (Å²) in [5, 5.41) is 5.33. The molecule has 1 unspecified atom stereocenters. The number of anilines is 1. The summed E-state index contributed by atoms with van der Waals surface area (Å²) in [4.78, 5) is 11.6. The molecule has 1 aliphatic heterocycles. The van der Waals surface area contributed by atoms with E-state index < -0.39 is 5.82 Å². The predicted molar refractivity (Wildman–Crippen MR) is 68.9 cm³/mol. The molecule has 1 saturated heterocycles. The van der Waals surface area contributed by atoms with Gasteiger partial charge >= 0.3 is 6.03 Å². The van der Waals surface area contributed by atoms with E-state index in [4.69, 9.17) is 9.47 Å². The van der Waals surface area contributed by atoms with Crippen LogP contribution in [0.4, 0.5) is 14.9 Å². The molecule has 1 aromatic rings. The van der Waals surface area contributed by atoms with Gasteiger partial charge in [-0.3, -0.25) is 0 Å². The van der Waals surface area contributed by atoms with Gasteiger partial charge in [0.1, 0.15) is 0 Å². The number of nitrogens with one attached hydrogen (secondary N) is 2. The summed E-state index contributed by atoms with van der Waals surface area (Å²) in [6, 6.07) is 3.81. The highest BCUT2D eigenvalue weighted by Gasteiger charge is 2.16. The van der Waals surface area contributed by atoms with Crippen LogP contribution in [-0.4, -0.2) is 32.4 Å². The van der Waals surface area contributed by atoms with E-state index in [1.807, 2.05) is 0 Å². The Morgan fingerprint density at radius 2 is 2.42 bits per heavy atom. The van der Waals surface area contributed by atoms with Crippen molar-refractivity contribution < 1.29 is 18.7 Å². The van der Waals surface area contributed by atoms with Crippen LogP contribution in [0, 0.1) is 5.82 Å². The van der Waals surface area contributed by atoms with Gasteiger partial charge in [-0.25, -0.2) is 9.18 Å². The highest BCUT2D eigenvalue weighted by molar-refractivity contribution is 5.89. The Kier molecular flexibility index (Phi) is 4.57. The normalized spacial score (nSPS) is 18.1. The van der Waals surface area contributed by atoms with Crippen molar-refractivity contribution in [2.75, 3.05) is 25.6 Å². The van der Waals surface area contributed by atoms with Crippen molar-refractivity contribution in [2.24, 2.45) is 0 Å². The third-order valence-corrected chi connectivity index (χ3v) is 2.92. The number of amides is 2. The fourth-order valence-electron chi connectivity index (χ4n) is 1.92. The van der Waals surface area contributed by atoms with Crippen molar-refractivity contribution in [3.63, 3.8) is 0 Å². The van der Waals surface area contributed by atoms with Crippen LogP contribution in [-0.2, 0) is 4.74 Å². The molecule has 1 fully saturated rings. The Labute approximate surface area is 111 Å². The van der Waals surface area contributed by atoms with E-state index in [-0.39, 0.29) is 17.9 Å². The van der Waals surface area contributed by atoms with Crippen LogP contribution in [0.3, 0.4) is 0 Å². The maximum atomic E-state index is 13.2. The monoisotopic (exact) mass is 268 g/mol. The maximum absolute atomic E-state index is 13.2. The molecule has 1 heterocycles. The molecule has 0 spiro atoms. The Balaban J connectivity index is 1.84. The number of hydrogen-bond acceptors (Lipinski definition) is 3. The number of urea groups is 1. The fraction of sp³-hybridized carbons (Fsp3) is 0.462. The highest BCUT2D eigenvalue weighted by Crippen LogP contribution is 2.21. The van der Waals surface area contributed by atoms with E-state index in [9.17, 15) is 9.18 Å². The number of methoxy groups -OCH3 is 1. The molecule has 2 rings (SSSR count). The van der Waals surface area contributed by atoms with Crippen molar-refractivity contribution in [3.05, 3.63) is 24.0 Å². The largest absolute Gasteiger partial charge is 0.494 e. The fourth-order valence-corrected chi connectivity index (χ4v) is 1.92. The third-order valence-electron chi connectivity index (χ3n) is 2.92. The topological polar surface area (TPSA) is 59.6 Å². The van der Waals surface area contributed by atoms with Crippen LogP contribution in [0.25, 0.3) is 0 Å². The Bertz CT molecular complexity index is 448. The van der Waals surface area contributed by atoms with Crippen molar-refractivity contribution >= 4 is 11.7 Å². The minimum atomic E-state index is -0.465. The smallest absolute Gasteiger partial charge is 0.319 e. The molecule has 0 bridgehead atoms. The average Bonchev–Trinajstić information content (AvgIpc) is 2.92. The summed E-state index contributed by atoms with van der Waals surface area (Å²) in [6.45, 7) is 1.23. The Morgan fingerprint density at radius 3 is 3.11 bits per heavy atom. The molecule has 2 N–H and O–H groups in total. The van der Waals surface area contributed by atoms with E-state index >= 15 is 0 Å². The first-order chi connectivity index (χ1) is 9.19. The molecule has 6 heteroatoms. The van der Waals surface area contributed by atoms with Gasteiger partial charge in [0.2, 0.25) is 0 Å². The van der Waals surface area contributed by atoms with E-state index in [1.54, 1.807) is 0 Å². The number of benzene rings is 1. The third kappa shape index (κ3) is 3.82. The predicted octanol–water partition coefficient (Wildman–Crippen LogP) is 2.13. The summed E-state index contributed by atoms with van der Waals surface area (Å²) in [7, 11) is 1.37. The van der Waals surface area contributed by atoms with Gasteiger partial charge in [0.25, 0.3) is 0 Å². The van der Waals surface area contributed by atoms with Gasteiger partial charge in [-0.05, 0) is 25.0 Å². The summed E-state index contributed by atoms with van der Waals surface area (Å²) in [6.07, 6.45) is 2.09. The molecule has 2 amide bonds. The lowest BCUT2D eigenvalue weighted by atomic mass is 10.2. The molecule has 19 heavy (non-hydrogen) atoms. The number of rotatable bonds is 4. The van der Waals surface area contributed by atoms with Gasteiger partial charge in [-0.1, -0.05) is 0 Å². The Morgan fingerprint density at radius 1 is 1.58 bits per heavy atom. The first kappa shape index (κ1) is 13.6. The second-order valence-corrected chi connectivity index (χ2v) is 4.32. The number of carbonyl (C=O) groups is 1. The van der Waals surface area contributed by atoms with Crippen molar-refractivity contribution in [1.29, 1.82) is 0 Å². The quantitative estimate of drug-likeness (QED) is 0.879. The molecule has 0 aliphatic carbocycles. The summed E-state index contributed by atoms with van der Waals surface area (Å²) in [5.41, 5.74) is 0.475. The molecule has 104 valence electrons. The SMILES string of the molecule is COc1cc(NC(=O)NCC2CCCO2)ccc1F. The van der Waals surface area contributed by atoms with Gasteiger partial charge in [0.05, 0.1) is 13.2 Å². The van der Waals surface area contributed by atoms with Gasteiger partial charge < -0.3 is 20.1 Å². The van der Waals surface area contributed by atoms with E-state index in [2.05, 4.69) is 10.6 Å². The van der Waals surface area contributed by atoms with E-state index in [1.165, 1.54) is 25.3 Å². The number of hydrogen-bond donors (Lipinski definition) is 2. The molecule has 5 nitrogen and oxygen atoms in total. The molecule has 0 radical (unpaired) electrons. The maximum Gasteiger partial charge on any atom is 0.319 e. The second kappa shape index (κ2) is 6.38. The van der Waals surface area contributed by atoms with Crippen LogP contribution < -0.4 is 15.4 Å². The first-order valence-corrected chi connectivity index (χ1v) is 6.19. The van der Waals surface area contributed by atoms with E-state index in [0.29, 0.717) is 12.2 Å². The first-order valence-electron chi connectivity index (χ1n) is 6.19. The van der Waals surface area contributed by atoms with Gasteiger partial charge in [0, 0.05) is 24.9 Å². The number of ether oxygens (including phenoxy) is 2. The second-order valence-electron chi connectivity index (χ2n) is 4.32. The average molecular weight is 268 g/mol. The molecular weight excluding hydrogens is 251 g/mol. The summed E-state index contributed by atoms with van der Waals surface area (Å²) >= 11 is 0. The lowest BCUT2D eigenvalue weighted by molar-refractivity contribution is 0.112. The lowest BCUT2D eigenvalue weighted by Crippen LogP contribution is -2.35. The van der Waals surface area contributed by atoms with Crippen LogP contribution >= 0.6 is 0 Å². The lowest BCUT2D eigenvalue weighted by Gasteiger charge is -2.12. The summed E-state index contributed by atoms with van der Waals surface area (Å²) in [5.74, 6) is -0.371. The van der Waals surface area contributed by atoms with Crippen LogP contribution in [0.1, 0.15) is 12.8 Å². The molecular formula is C13H17FN2O3. The summed E-state index contributed by atoms with van der Waals surface area (Å²) < 4.78 is 23.4. The molecule has 0 aromatic heterocycles. The highest BCUT2D eigenvalue weighted by atomic mass is 19.1. The standard InChI is InChI=1S/C13H17FN2O3/c1-18-12-7-9(4-5-11(12)14)16-13(17)15-8-10-3-2-6-19-10/h4-5,7,10H,2-3,6,8H2,1H3,(H2,15,16,17). The van der Waals surface area contributed by atoms with Crippen molar-refractivity contribution in [1.82, 2.24) is 5.32 Å². The minimum Gasteiger partial charge on any atom is -0.494 e. The van der Waals surface area contributed by atoms with E-state index in [0.717, 1.165) is 19.4 Å². The number of halogens is 1. The van der Waals surface area contributed by atoms with Crippen molar-refractivity contribution in [3.8, 4) is 5.75 Å². The molecule has 1 atom stereocenters.